The first-order valence-electron chi connectivity index (χ1n) is 9.86. The van der Waals surface area contributed by atoms with Gasteiger partial charge in [0, 0.05) is 37.1 Å². The van der Waals surface area contributed by atoms with Crippen LogP contribution in [0.15, 0.2) is 42.5 Å². The Morgan fingerprint density at radius 2 is 2.10 bits per heavy atom. The lowest BCUT2D eigenvalue weighted by Crippen LogP contribution is -2.53. The predicted molar refractivity (Wildman–Crippen MR) is 113 cm³/mol. The maximum absolute atomic E-state index is 13.3. The van der Waals surface area contributed by atoms with E-state index in [-0.39, 0.29) is 11.7 Å². The predicted octanol–water partition coefficient (Wildman–Crippen LogP) is 3.66. The van der Waals surface area contributed by atoms with Crippen molar-refractivity contribution in [2.45, 2.75) is 18.4 Å². The van der Waals surface area contributed by atoms with Gasteiger partial charge in [-0.1, -0.05) is 29.8 Å². The second kappa shape index (κ2) is 9.23. The second-order valence-corrected chi connectivity index (χ2v) is 8.52. The molecule has 0 aliphatic carbocycles. The zero-order chi connectivity index (χ0) is 21.0. The highest BCUT2D eigenvalue weighted by Crippen LogP contribution is 2.38. The smallest absolute Gasteiger partial charge is 0.124 e. The fourth-order valence-corrected chi connectivity index (χ4v) is 4.44. The van der Waals surface area contributed by atoms with E-state index in [9.17, 15) is 14.8 Å². The summed E-state index contributed by atoms with van der Waals surface area (Å²) in [5.74, 6) is -0.323. The van der Waals surface area contributed by atoms with Crippen LogP contribution in [0.1, 0.15) is 23.1 Å². The second-order valence-electron chi connectivity index (χ2n) is 8.11. The molecule has 0 aromatic heterocycles. The molecule has 1 saturated heterocycles. The molecule has 1 fully saturated rings. The Balaban J connectivity index is 1.75. The van der Waals surface area contributed by atoms with Gasteiger partial charge in [0.1, 0.15) is 5.82 Å². The number of aliphatic hydroxyl groups is 1. The van der Waals surface area contributed by atoms with Crippen molar-refractivity contribution in [2.24, 2.45) is 5.92 Å². The van der Waals surface area contributed by atoms with Crippen LogP contribution in [0.2, 0.25) is 5.02 Å². The number of nitriles is 1. The number of piperidine rings is 1. The minimum atomic E-state index is -0.971. The Labute approximate surface area is 177 Å². The molecular weight excluding hydrogens is 389 g/mol. The van der Waals surface area contributed by atoms with Crippen LogP contribution in [0, 0.1) is 23.1 Å². The molecule has 1 aliphatic rings. The lowest BCUT2D eigenvalue weighted by atomic mass is 9.75. The average molecular weight is 416 g/mol. The van der Waals surface area contributed by atoms with Crippen molar-refractivity contribution in [3.63, 3.8) is 0 Å². The number of nitrogens with zero attached hydrogens (tertiary/aromatic N) is 3. The number of likely N-dealkylation sites (tertiary alicyclic amines) is 1. The van der Waals surface area contributed by atoms with Gasteiger partial charge in [-0.2, -0.15) is 5.26 Å². The summed E-state index contributed by atoms with van der Waals surface area (Å²) in [4.78, 5) is 4.42. The molecule has 4 nitrogen and oxygen atoms in total. The first-order chi connectivity index (χ1) is 13.8. The highest BCUT2D eigenvalue weighted by Gasteiger charge is 2.42. The van der Waals surface area contributed by atoms with Gasteiger partial charge in [0.15, 0.2) is 0 Å². The number of halogens is 2. The molecule has 2 aromatic rings. The van der Waals surface area contributed by atoms with Crippen LogP contribution >= 0.6 is 11.6 Å². The molecule has 3 rings (SSSR count). The van der Waals surface area contributed by atoms with E-state index in [0.717, 1.165) is 43.7 Å². The zero-order valence-corrected chi connectivity index (χ0v) is 17.7. The van der Waals surface area contributed by atoms with Crippen molar-refractivity contribution in [3.05, 3.63) is 70.0 Å². The van der Waals surface area contributed by atoms with Crippen molar-refractivity contribution in [2.75, 3.05) is 40.3 Å². The monoisotopic (exact) mass is 415 g/mol. The van der Waals surface area contributed by atoms with Crippen molar-refractivity contribution < 1.29 is 9.50 Å². The van der Waals surface area contributed by atoms with E-state index in [4.69, 9.17) is 11.6 Å². The summed E-state index contributed by atoms with van der Waals surface area (Å²) in [7, 11) is 4.01. The van der Waals surface area contributed by atoms with Gasteiger partial charge in [-0.3, -0.25) is 0 Å². The van der Waals surface area contributed by atoms with E-state index in [0.29, 0.717) is 17.0 Å². The number of benzene rings is 2. The van der Waals surface area contributed by atoms with Crippen LogP contribution in [0.25, 0.3) is 0 Å². The summed E-state index contributed by atoms with van der Waals surface area (Å²) in [6.07, 6.45) is 1.33. The normalized spacial score (nSPS) is 22.6. The third-order valence-electron chi connectivity index (χ3n) is 5.75. The third kappa shape index (κ3) is 5.15. The molecule has 0 radical (unpaired) electrons. The van der Waals surface area contributed by atoms with E-state index in [1.165, 1.54) is 12.1 Å². The lowest BCUT2D eigenvalue weighted by molar-refractivity contribution is -0.0843. The van der Waals surface area contributed by atoms with Crippen LogP contribution in [0.3, 0.4) is 0 Å². The molecule has 1 aliphatic heterocycles. The van der Waals surface area contributed by atoms with Gasteiger partial charge in [0.25, 0.3) is 0 Å². The quantitative estimate of drug-likeness (QED) is 0.782. The topological polar surface area (TPSA) is 50.5 Å². The highest BCUT2D eigenvalue weighted by atomic mass is 35.5. The van der Waals surface area contributed by atoms with E-state index in [2.05, 4.69) is 15.9 Å². The van der Waals surface area contributed by atoms with E-state index >= 15 is 0 Å². The van der Waals surface area contributed by atoms with Gasteiger partial charge >= 0.3 is 0 Å². The van der Waals surface area contributed by atoms with E-state index < -0.39 is 5.60 Å². The van der Waals surface area contributed by atoms with Gasteiger partial charge in [0.2, 0.25) is 0 Å². The Morgan fingerprint density at radius 3 is 2.79 bits per heavy atom. The van der Waals surface area contributed by atoms with Crippen LogP contribution in [0.4, 0.5) is 4.39 Å². The van der Waals surface area contributed by atoms with Gasteiger partial charge in [-0.05, 0) is 62.3 Å². The Hall–Kier alpha value is -1.97. The van der Waals surface area contributed by atoms with E-state index in [1.54, 1.807) is 18.2 Å². The molecule has 154 valence electrons. The fraction of sp³-hybridized carbons (Fsp3) is 0.435. The molecule has 29 heavy (non-hydrogen) atoms. The van der Waals surface area contributed by atoms with Crippen LogP contribution < -0.4 is 0 Å². The third-order valence-corrected chi connectivity index (χ3v) is 6.10. The highest BCUT2D eigenvalue weighted by molar-refractivity contribution is 6.31. The number of hydrogen-bond acceptors (Lipinski definition) is 4. The van der Waals surface area contributed by atoms with Gasteiger partial charge < -0.3 is 14.9 Å². The summed E-state index contributed by atoms with van der Waals surface area (Å²) < 4.78 is 13.3. The summed E-state index contributed by atoms with van der Waals surface area (Å²) in [5.41, 5.74) is 1.33. The summed E-state index contributed by atoms with van der Waals surface area (Å²) in [5, 5.41) is 21.3. The minimum absolute atomic E-state index is 0.00359. The SMILES string of the molecule is CN(C)C[C@H]1CN(CCc2ccc(F)cc2Cl)CC[C@]1(O)c1cccc(C#N)c1. The Morgan fingerprint density at radius 1 is 1.31 bits per heavy atom. The first kappa shape index (κ1) is 21.7. The number of rotatable bonds is 6. The fourth-order valence-electron chi connectivity index (χ4n) is 4.18. The number of hydrogen-bond donors (Lipinski definition) is 1. The molecule has 2 atom stereocenters. The van der Waals surface area contributed by atoms with Gasteiger partial charge in [-0.15, -0.1) is 0 Å². The molecule has 0 spiro atoms. The summed E-state index contributed by atoms with van der Waals surface area (Å²) in [6, 6.07) is 14.0. The average Bonchev–Trinajstić information content (AvgIpc) is 2.69. The van der Waals surface area contributed by atoms with Crippen LogP contribution in [-0.4, -0.2) is 55.2 Å². The first-order valence-corrected chi connectivity index (χ1v) is 10.2. The van der Waals surface area contributed by atoms with Crippen molar-refractivity contribution in [1.82, 2.24) is 9.80 Å². The largest absolute Gasteiger partial charge is 0.385 e. The zero-order valence-electron chi connectivity index (χ0n) is 16.9. The summed E-state index contributed by atoms with van der Waals surface area (Å²) >= 11 is 6.17. The molecule has 0 amide bonds. The van der Waals surface area contributed by atoms with Crippen molar-refractivity contribution in [3.8, 4) is 6.07 Å². The van der Waals surface area contributed by atoms with Crippen LogP contribution in [-0.2, 0) is 12.0 Å². The summed E-state index contributed by atoms with van der Waals surface area (Å²) in [6.45, 7) is 3.02. The van der Waals surface area contributed by atoms with Crippen molar-refractivity contribution >= 4 is 11.6 Å². The maximum atomic E-state index is 13.3. The molecule has 1 heterocycles. The molecular formula is C23H27ClFN3O. The lowest BCUT2D eigenvalue weighted by Gasteiger charge is -2.46. The minimum Gasteiger partial charge on any atom is -0.385 e. The van der Waals surface area contributed by atoms with Gasteiger partial charge in [-0.25, -0.2) is 4.39 Å². The molecule has 6 heteroatoms. The molecule has 1 N–H and O–H groups in total. The standard InChI is InChI=1S/C23H27ClFN3O/c1-27(2)15-20-16-28(10-8-18-6-7-21(25)13-22(18)24)11-9-23(20,29)19-5-3-4-17(12-19)14-26/h3-7,12-13,20,29H,8-11,15-16H2,1-2H3/t20-,23-/m0/s1. The van der Waals surface area contributed by atoms with E-state index in [1.807, 2.05) is 26.2 Å². The molecule has 0 unspecified atom stereocenters. The Kier molecular flexibility index (Phi) is 6.92. The maximum Gasteiger partial charge on any atom is 0.124 e. The van der Waals surface area contributed by atoms with Crippen molar-refractivity contribution in [1.29, 1.82) is 5.26 Å². The Bertz CT molecular complexity index is 898. The molecule has 0 saturated carbocycles. The molecule has 2 aromatic carbocycles. The van der Waals surface area contributed by atoms with Gasteiger partial charge in [0.05, 0.1) is 17.2 Å². The van der Waals surface area contributed by atoms with Crippen LogP contribution in [0.5, 0.6) is 0 Å². The molecule has 0 bridgehead atoms.